The summed E-state index contributed by atoms with van der Waals surface area (Å²) in [6.07, 6.45) is 1.00. The molecule has 0 fully saturated rings. The Balaban J connectivity index is 2.44. The van der Waals surface area contributed by atoms with Crippen LogP contribution < -0.4 is 4.74 Å². The number of carbonyl (C=O) groups excluding carboxylic acids is 2. The molecule has 0 saturated heterocycles. The number of phenols is 1. The fourth-order valence-corrected chi connectivity index (χ4v) is 1.77. The van der Waals surface area contributed by atoms with Gasteiger partial charge in [-0.2, -0.15) is 0 Å². The fourth-order valence-electron chi connectivity index (χ4n) is 1.77. The molecule has 0 amide bonds. The van der Waals surface area contributed by atoms with Crippen LogP contribution in [0.5, 0.6) is 11.5 Å². The summed E-state index contributed by atoms with van der Waals surface area (Å²) in [6.45, 7) is 1.29. The summed E-state index contributed by atoms with van der Waals surface area (Å²) >= 11 is 0. The van der Waals surface area contributed by atoms with E-state index in [4.69, 9.17) is 4.74 Å². The molecule has 2 rings (SSSR count). The van der Waals surface area contributed by atoms with Crippen molar-refractivity contribution in [3.8, 4) is 11.5 Å². The summed E-state index contributed by atoms with van der Waals surface area (Å²) in [5.74, 6) is -0.324. The number of rotatable bonds is 1. The molecule has 0 atom stereocenters. The van der Waals surface area contributed by atoms with Crippen LogP contribution >= 0.6 is 0 Å². The third kappa shape index (κ3) is 1.70. The van der Waals surface area contributed by atoms with Crippen LogP contribution in [0.4, 0.5) is 0 Å². The van der Waals surface area contributed by atoms with Gasteiger partial charge in [0.05, 0.1) is 5.56 Å². The third-order valence-electron chi connectivity index (χ3n) is 2.33. The van der Waals surface area contributed by atoms with Crippen molar-refractivity contribution in [2.75, 3.05) is 0 Å². The molecule has 4 heteroatoms. The average molecular weight is 206 g/mol. The highest BCUT2D eigenvalue weighted by atomic mass is 16.5. The molecule has 1 aliphatic carbocycles. The predicted molar refractivity (Wildman–Crippen MR) is 52.1 cm³/mol. The number of ketones is 1. The first-order valence-corrected chi connectivity index (χ1v) is 4.65. The van der Waals surface area contributed by atoms with E-state index < -0.39 is 5.97 Å². The van der Waals surface area contributed by atoms with Crippen molar-refractivity contribution < 1.29 is 19.4 Å². The Kier molecular flexibility index (Phi) is 2.19. The van der Waals surface area contributed by atoms with Crippen LogP contribution in [0.15, 0.2) is 12.1 Å². The van der Waals surface area contributed by atoms with E-state index in [0.717, 1.165) is 5.56 Å². The van der Waals surface area contributed by atoms with Crippen molar-refractivity contribution in [2.45, 2.75) is 19.8 Å². The third-order valence-corrected chi connectivity index (χ3v) is 2.33. The first-order chi connectivity index (χ1) is 7.08. The van der Waals surface area contributed by atoms with Crippen LogP contribution in [0.2, 0.25) is 0 Å². The highest BCUT2D eigenvalue weighted by Gasteiger charge is 2.24. The highest BCUT2D eigenvalue weighted by Crippen LogP contribution is 2.34. The molecule has 0 radical (unpaired) electrons. The smallest absolute Gasteiger partial charge is 0.308 e. The lowest BCUT2D eigenvalue weighted by atomic mass is 10.1. The van der Waals surface area contributed by atoms with E-state index in [1.54, 1.807) is 6.07 Å². The number of aryl methyl sites for hydroxylation is 1. The number of hydrogen-bond donors (Lipinski definition) is 1. The van der Waals surface area contributed by atoms with Gasteiger partial charge in [0.2, 0.25) is 0 Å². The molecule has 1 aliphatic rings. The number of benzene rings is 1. The van der Waals surface area contributed by atoms with Crippen LogP contribution in [0.25, 0.3) is 0 Å². The van der Waals surface area contributed by atoms with E-state index in [0.29, 0.717) is 18.4 Å². The van der Waals surface area contributed by atoms with Gasteiger partial charge in [0, 0.05) is 19.4 Å². The summed E-state index contributed by atoms with van der Waals surface area (Å²) in [5, 5.41) is 9.58. The van der Waals surface area contributed by atoms with Crippen molar-refractivity contribution in [3.63, 3.8) is 0 Å². The van der Waals surface area contributed by atoms with E-state index in [1.807, 2.05) is 0 Å². The molecule has 0 aromatic heterocycles. The van der Waals surface area contributed by atoms with Gasteiger partial charge in [0.1, 0.15) is 11.5 Å². The lowest BCUT2D eigenvalue weighted by Gasteiger charge is -2.05. The minimum Gasteiger partial charge on any atom is -0.507 e. The zero-order valence-corrected chi connectivity index (χ0v) is 8.24. The molecule has 0 saturated carbocycles. The number of ether oxygens (including phenoxy) is 1. The van der Waals surface area contributed by atoms with E-state index in [1.165, 1.54) is 13.0 Å². The van der Waals surface area contributed by atoms with Gasteiger partial charge >= 0.3 is 5.97 Å². The first-order valence-electron chi connectivity index (χ1n) is 4.65. The van der Waals surface area contributed by atoms with Gasteiger partial charge < -0.3 is 9.84 Å². The van der Waals surface area contributed by atoms with Gasteiger partial charge in [-0.3, -0.25) is 9.59 Å². The molecule has 0 unspecified atom stereocenters. The minimum absolute atomic E-state index is 0.0584. The number of carbonyl (C=O) groups is 2. The van der Waals surface area contributed by atoms with Gasteiger partial charge in [0.15, 0.2) is 5.78 Å². The Morgan fingerprint density at radius 3 is 2.80 bits per heavy atom. The van der Waals surface area contributed by atoms with E-state index in [-0.39, 0.29) is 17.3 Å². The largest absolute Gasteiger partial charge is 0.507 e. The number of fused-ring (bicyclic) bond motifs is 1. The van der Waals surface area contributed by atoms with Gasteiger partial charge in [-0.1, -0.05) is 0 Å². The number of aromatic hydroxyl groups is 1. The van der Waals surface area contributed by atoms with Crippen molar-refractivity contribution in [1.29, 1.82) is 0 Å². The van der Waals surface area contributed by atoms with Crippen molar-refractivity contribution in [2.24, 2.45) is 0 Å². The Bertz CT molecular complexity index is 448. The Hall–Kier alpha value is -1.84. The van der Waals surface area contributed by atoms with Crippen LogP contribution in [-0.4, -0.2) is 16.9 Å². The Morgan fingerprint density at radius 1 is 1.40 bits per heavy atom. The molecule has 0 aliphatic heterocycles. The molecule has 15 heavy (non-hydrogen) atoms. The number of phenolic OH excluding ortho intramolecular Hbond substituents is 1. The van der Waals surface area contributed by atoms with Gasteiger partial charge in [-0.15, -0.1) is 0 Å². The van der Waals surface area contributed by atoms with Gasteiger partial charge in [0.25, 0.3) is 0 Å². The molecular weight excluding hydrogens is 196 g/mol. The summed E-state index contributed by atoms with van der Waals surface area (Å²) in [6, 6.07) is 2.92. The zero-order chi connectivity index (χ0) is 11.0. The molecule has 1 aromatic rings. The van der Waals surface area contributed by atoms with Crippen LogP contribution in [0.1, 0.15) is 29.3 Å². The van der Waals surface area contributed by atoms with Gasteiger partial charge in [-0.05, 0) is 18.1 Å². The molecule has 1 N–H and O–H groups in total. The quantitative estimate of drug-likeness (QED) is 0.558. The predicted octanol–water partition coefficient (Wildman–Crippen LogP) is 1.45. The molecule has 0 bridgehead atoms. The maximum atomic E-state index is 11.4. The fraction of sp³-hybridized carbons (Fsp3) is 0.273. The Morgan fingerprint density at radius 2 is 2.13 bits per heavy atom. The monoisotopic (exact) mass is 206 g/mol. The van der Waals surface area contributed by atoms with Crippen molar-refractivity contribution >= 4 is 11.8 Å². The maximum Gasteiger partial charge on any atom is 0.308 e. The topological polar surface area (TPSA) is 63.6 Å². The van der Waals surface area contributed by atoms with Crippen molar-refractivity contribution in [3.05, 3.63) is 23.3 Å². The van der Waals surface area contributed by atoms with Crippen LogP contribution in [0, 0.1) is 0 Å². The lowest BCUT2D eigenvalue weighted by Crippen LogP contribution is -2.02. The summed E-state index contributed by atoms with van der Waals surface area (Å²) < 4.78 is 4.85. The molecule has 0 heterocycles. The maximum absolute atomic E-state index is 11.4. The molecular formula is C11H10O4. The standard InChI is InChI=1S/C11H10O4/c1-6(12)15-8-4-7-2-3-9(13)11(7)10(14)5-8/h4-5,14H,2-3H2,1H3. The SMILES string of the molecule is CC(=O)Oc1cc(O)c2c(c1)CCC2=O. The number of Topliss-reactive ketones (excluding diaryl/α,β-unsaturated/α-hetero) is 1. The lowest BCUT2D eigenvalue weighted by molar-refractivity contribution is -0.131. The normalized spacial score (nSPS) is 13.8. The summed E-state index contributed by atoms with van der Waals surface area (Å²) in [4.78, 5) is 22.1. The molecule has 1 aromatic carbocycles. The van der Waals surface area contributed by atoms with E-state index in [2.05, 4.69) is 0 Å². The Labute approximate surface area is 86.5 Å². The first kappa shape index (κ1) is 9.71. The van der Waals surface area contributed by atoms with E-state index in [9.17, 15) is 14.7 Å². The summed E-state index contributed by atoms with van der Waals surface area (Å²) in [7, 11) is 0. The van der Waals surface area contributed by atoms with Gasteiger partial charge in [-0.25, -0.2) is 0 Å². The number of hydrogen-bond acceptors (Lipinski definition) is 4. The number of esters is 1. The second-order valence-electron chi connectivity index (χ2n) is 3.49. The molecule has 0 spiro atoms. The minimum atomic E-state index is -0.446. The molecule has 4 nitrogen and oxygen atoms in total. The zero-order valence-electron chi connectivity index (χ0n) is 8.24. The highest BCUT2D eigenvalue weighted by molar-refractivity contribution is 6.03. The van der Waals surface area contributed by atoms with Crippen LogP contribution in [-0.2, 0) is 11.2 Å². The molecule has 78 valence electrons. The second kappa shape index (κ2) is 3.38. The van der Waals surface area contributed by atoms with Crippen molar-refractivity contribution in [1.82, 2.24) is 0 Å². The second-order valence-corrected chi connectivity index (χ2v) is 3.49. The van der Waals surface area contributed by atoms with E-state index >= 15 is 0 Å². The summed E-state index contributed by atoms with van der Waals surface area (Å²) in [5.41, 5.74) is 1.11. The van der Waals surface area contributed by atoms with Crippen LogP contribution in [0.3, 0.4) is 0 Å². The average Bonchev–Trinajstić information content (AvgIpc) is 2.46.